The van der Waals surface area contributed by atoms with Crippen LogP contribution in [0.15, 0.2) is 95.5 Å². The highest BCUT2D eigenvalue weighted by Gasteiger charge is 2.34. The van der Waals surface area contributed by atoms with E-state index in [1.165, 1.54) is 0 Å². The van der Waals surface area contributed by atoms with Gasteiger partial charge in [-0.05, 0) is 52.7 Å². The molecule has 0 aliphatic carbocycles. The van der Waals surface area contributed by atoms with E-state index in [4.69, 9.17) is 0 Å². The number of amides is 1. The Kier molecular flexibility index (Phi) is 4.14. The molecule has 5 rings (SSSR count). The fourth-order valence-corrected chi connectivity index (χ4v) is 3.99. The lowest BCUT2D eigenvalue weighted by Gasteiger charge is -2.38. The second-order valence-corrected chi connectivity index (χ2v) is 7.77. The number of hydrogen-bond acceptors (Lipinski definition) is 2. The largest absolute Gasteiger partial charge is 0.360 e. The van der Waals surface area contributed by atoms with E-state index in [1.54, 1.807) is 0 Å². The van der Waals surface area contributed by atoms with Crippen molar-refractivity contribution in [1.29, 1.82) is 0 Å². The summed E-state index contributed by atoms with van der Waals surface area (Å²) in [5, 5.41) is 5.82. The van der Waals surface area contributed by atoms with E-state index in [-0.39, 0.29) is 12.1 Å². The Hall–Kier alpha value is -3.11. The van der Waals surface area contributed by atoms with Crippen LogP contribution >= 0.6 is 15.9 Å². The monoisotopic (exact) mass is 428 g/mol. The molecule has 1 N–H and O–H groups in total. The van der Waals surface area contributed by atoms with Crippen LogP contribution in [0, 0.1) is 0 Å². The van der Waals surface area contributed by atoms with Crippen molar-refractivity contribution in [2.24, 2.45) is 0 Å². The lowest BCUT2D eigenvalue weighted by molar-refractivity contribution is 0.0975. The van der Waals surface area contributed by atoms with Gasteiger partial charge >= 0.3 is 0 Å². The predicted octanol–water partition coefficient (Wildman–Crippen LogP) is 6.37. The summed E-state index contributed by atoms with van der Waals surface area (Å²) in [7, 11) is 0. The summed E-state index contributed by atoms with van der Waals surface area (Å²) in [5.74, 6) is -0.00227. The molecular formula is C24H17BrN2O. The van der Waals surface area contributed by atoms with Gasteiger partial charge in [-0.3, -0.25) is 9.69 Å². The highest BCUT2D eigenvalue weighted by Crippen LogP contribution is 2.37. The van der Waals surface area contributed by atoms with Crippen LogP contribution in [0.3, 0.4) is 0 Å². The fourth-order valence-electron chi connectivity index (χ4n) is 3.72. The van der Waals surface area contributed by atoms with E-state index in [9.17, 15) is 4.79 Å². The Morgan fingerprint density at radius 1 is 0.786 bits per heavy atom. The lowest BCUT2D eigenvalue weighted by Crippen LogP contribution is -2.43. The van der Waals surface area contributed by atoms with Crippen LogP contribution in [0.5, 0.6) is 0 Å². The van der Waals surface area contributed by atoms with Gasteiger partial charge in [-0.25, -0.2) is 0 Å². The summed E-state index contributed by atoms with van der Waals surface area (Å²) in [6.45, 7) is 0. The van der Waals surface area contributed by atoms with Crippen molar-refractivity contribution in [3.8, 4) is 0 Å². The molecular weight excluding hydrogens is 412 g/mol. The maximum Gasteiger partial charge on any atom is 0.262 e. The molecule has 4 aromatic rings. The third-order valence-electron chi connectivity index (χ3n) is 5.12. The summed E-state index contributed by atoms with van der Waals surface area (Å²) >= 11 is 3.49. The van der Waals surface area contributed by atoms with E-state index >= 15 is 0 Å². The molecule has 0 saturated heterocycles. The maximum atomic E-state index is 13.5. The molecule has 1 heterocycles. The smallest absolute Gasteiger partial charge is 0.262 e. The van der Waals surface area contributed by atoms with Crippen molar-refractivity contribution in [2.45, 2.75) is 6.17 Å². The van der Waals surface area contributed by atoms with Gasteiger partial charge in [0, 0.05) is 15.8 Å². The molecule has 1 unspecified atom stereocenters. The second-order valence-electron chi connectivity index (χ2n) is 6.85. The van der Waals surface area contributed by atoms with Gasteiger partial charge in [0.15, 0.2) is 0 Å². The molecule has 4 aromatic carbocycles. The first-order valence-electron chi connectivity index (χ1n) is 9.14. The van der Waals surface area contributed by atoms with Gasteiger partial charge in [0.05, 0.1) is 5.56 Å². The Labute approximate surface area is 171 Å². The normalized spacial score (nSPS) is 16.0. The second kappa shape index (κ2) is 6.80. The van der Waals surface area contributed by atoms with Gasteiger partial charge in [0.25, 0.3) is 5.91 Å². The Bertz CT molecular complexity index is 1190. The SMILES string of the molecule is O=C1c2ccccc2NC(c2ccc(Br)cc2)N1c1ccc2ccccc2c1. The van der Waals surface area contributed by atoms with Gasteiger partial charge in [0.2, 0.25) is 0 Å². The topological polar surface area (TPSA) is 32.3 Å². The molecule has 1 amide bonds. The van der Waals surface area contributed by atoms with Crippen LogP contribution in [0.4, 0.5) is 11.4 Å². The molecule has 4 heteroatoms. The van der Waals surface area contributed by atoms with Gasteiger partial charge in [-0.15, -0.1) is 0 Å². The number of benzene rings is 4. The Morgan fingerprint density at radius 3 is 2.32 bits per heavy atom. The van der Waals surface area contributed by atoms with Crippen molar-refractivity contribution in [3.63, 3.8) is 0 Å². The van der Waals surface area contributed by atoms with Crippen LogP contribution in [0.2, 0.25) is 0 Å². The number of nitrogens with zero attached hydrogens (tertiary/aromatic N) is 1. The average Bonchev–Trinajstić information content (AvgIpc) is 2.74. The first-order chi connectivity index (χ1) is 13.7. The number of carbonyl (C=O) groups is 1. The third-order valence-corrected chi connectivity index (χ3v) is 5.65. The van der Waals surface area contributed by atoms with E-state index < -0.39 is 0 Å². The van der Waals surface area contributed by atoms with Crippen molar-refractivity contribution in [3.05, 3.63) is 107 Å². The minimum Gasteiger partial charge on any atom is -0.360 e. The molecule has 0 fully saturated rings. The number of rotatable bonds is 2. The first kappa shape index (κ1) is 17.0. The van der Waals surface area contributed by atoms with E-state index in [0.717, 1.165) is 32.2 Å². The molecule has 1 aliphatic rings. The number of fused-ring (bicyclic) bond motifs is 2. The molecule has 1 atom stereocenters. The number of hydrogen-bond donors (Lipinski definition) is 1. The molecule has 0 radical (unpaired) electrons. The van der Waals surface area contributed by atoms with E-state index in [2.05, 4.69) is 45.5 Å². The quantitative estimate of drug-likeness (QED) is 0.401. The third kappa shape index (κ3) is 2.86. The highest BCUT2D eigenvalue weighted by atomic mass is 79.9. The molecule has 0 bridgehead atoms. The van der Waals surface area contributed by atoms with Gasteiger partial charge < -0.3 is 5.32 Å². The summed E-state index contributed by atoms with van der Waals surface area (Å²) in [6, 6.07) is 30.1. The summed E-state index contributed by atoms with van der Waals surface area (Å²) in [6.07, 6.45) is -0.281. The molecule has 3 nitrogen and oxygen atoms in total. The number of nitrogens with one attached hydrogen (secondary N) is 1. The minimum atomic E-state index is -0.281. The van der Waals surface area contributed by atoms with Gasteiger partial charge in [-0.2, -0.15) is 0 Å². The number of halogens is 1. The predicted molar refractivity (Wildman–Crippen MR) is 118 cm³/mol. The van der Waals surface area contributed by atoms with Crippen molar-refractivity contribution in [1.82, 2.24) is 0 Å². The van der Waals surface area contributed by atoms with Crippen molar-refractivity contribution >= 4 is 44.0 Å². The van der Waals surface area contributed by atoms with E-state index in [1.807, 2.05) is 71.6 Å². The van der Waals surface area contributed by atoms with E-state index in [0.29, 0.717) is 5.56 Å². The summed E-state index contributed by atoms with van der Waals surface area (Å²) in [5.41, 5.74) is 3.44. The zero-order valence-electron chi connectivity index (χ0n) is 15.0. The Morgan fingerprint density at radius 2 is 1.50 bits per heavy atom. The maximum absolute atomic E-state index is 13.5. The van der Waals surface area contributed by atoms with Crippen LogP contribution < -0.4 is 10.2 Å². The van der Waals surface area contributed by atoms with Crippen LogP contribution in [-0.4, -0.2) is 5.91 Å². The Balaban J connectivity index is 1.68. The van der Waals surface area contributed by atoms with Crippen LogP contribution in [0.1, 0.15) is 22.1 Å². The zero-order valence-corrected chi connectivity index (χ0v) is 16.6. The molecule has 28 heavy (non-hydrogen) atoms. The fraction of sp³-hybridized carbons (Fsp3) is 0.0417. The number of carbonyl (C=O) groups excluding carboxylic acids is 1. The zero-order chi connectivity index (χ0) is 19.1. The lowest BCUT2D eigenvalue weighted by atomic mass is 10.0. The highest BCUT2D eigenvalue weighted by molar-refractivity contribution is 9.10. The van der Waals surface area contributed by atoms with Gasteiger partial charge in [-0.1, -0.05) is 70.5 Å². The molecule has 0 aromatic heterocycles. The minimum absolute atomic E-state index is 0.00227. The average molecular weight is 429 g/mol. The first-order valence-corrected chi connectivity index (χ1v) is 9.93. The molecule has 0 spiro atoms. The number of anilines is 2. The van der Waals surface area contributed by atoms with Crippen LogP contribution in [-0.2, 0) is 0 Å². The van der Waals surface area contributed by atoms with Gasteiger partial charge in [0.1, 0.15) is 6.17 Å². The summed E-state index contributed by atoms with van der Waals surface area (Å²) < 4.78 is 1.01. The number of para-hydroxylation sites is 1. The van der Waals surface area contributed by atoms with Crippen molar-refractivity contribution in [2.75, 3.05) is 10.2 Å². The standard InChI is InChI=1S/C24H17BrN2O/c25-19-12-9-17(10-13-19)23-26-22-8-4-3-7-21(22)24(28)27(23)20-14-11-16-5-1-2-6-18(16)15-20/h1-15,23,26H. The van der Waals surface area contributed by atoms with Crippen LogP contribution in [0.25, 0.3) is 10.8 Å². The molecule has 0 saturated carbocycles. The van der Waals surface area contributed by atoms with Crippen molar-refractivity contribution < 1.29 is 4.79 Å². The molecule has 1 aliphatic heterocycles. The summed E-state index contributed by atoms with van der Waals surface area (Å²) in [4.78, 5) is 15.3. The molecule has 136 valence electrons.